The first-order valence-corrected chi connectivity index (χ1v) is 5.31. The van der Waals surface area contributed by atoms with Crippen molar-refractivity contribution >= 4 is 5.97 Å². The van der Waals surface area contributed by atoms with Crippen LogP contribution < -0.4 is 0 Å². The molecule has 1 saturated heterocycles. The number of carboxylic acid groups (broad SMARTS) is 1. The first kappa shape index (κ1) is 16.2. The number of ether oxygens (including phenoxy) is 1. The molecule has 0 bridgehead atoms. The Kier molecular flexibility index (Phi) is 4.81. The van der Waals surface area contributed by atoms with E-state index < -0.39 is 55.0 Å². The number of aliphatic carboxylic acids is 1. The van der Waals surface area contributed by atoms with E-state index in [1.165, 1.54) is 0 Å². The highest BCUT2D eigenvalue weighted by atomic mass is 16.7. The van der Waals surface area contributed by atoms with Gasteiger partial charge in [0, 0.05) is 0 Å². The molecule has 0 spiro atoms. The van der Waals surface area contributed by atoms with Gasteiger partial charge in [-0.25, -0.2) is 4.79 Å². The molecule has 0 amide bonds. The van der Waals surface area contributed by atoms with E-state index in [-0.39, 0.29) is 0 Å². The van der Waals surface area contributed by atoms with Gasteiger partial charge in [0.15, 0.2) is 0 Å². The van der Waals surface area contributed by atoms with Crippen molar-refractivity contribution in [3.8, 4) is 0 Å². The van der Waals surface area contributed by atoms with Crippen LogP contribution in [0.2, 0.25) is 0 Å². The molecule has 0 aromatic heterocycles. The molecule has 1 aliphatic heterocycles. The van der Waals surface area contributed by atoms with E-state index in [0.29, 0.717) is 0 Å². The van der Waals surface area contributed by atoms with E-state index >= 15 is 0 Å². The van der Waals surface area contributed by atoms with Crippen LogP contribution in [0.3, 0.4) is 0 Å². The maximum Gasteiger partial charge on any atom is 0.367 e. The van der Waals surface area contributed by atoms with Gasteiger partial charge in [-0.05, 0) is 0 Å². The highest BCUT2D eigenvalue weighted by molar-refractivity contribution is 5.76. The molecule has 7 unspecified atom stereocenters. The number of aliphatic hydroxyl groups is 7. The van der Waals surface area contributed by atoms with E-state index in [1.54, 1.807) is 0 Å². The fourth-order valence-electron chi connectivity index (χ4n) is 1.74. The van der Waals surface area contributed by atoms with Gasteiger partial charge >= 0.3 is 5.97 Å². The summed E-state index contributed by atoms with van der Waals surface area (Å²) >= 11 is 0. The summed E-state index contributed by atoms with van der Waals surface area (Å²) in [6.45, 7) is -0.933. The molecule has 1 fully saturated rings. The van der Waals surface area contributed by atoms with Gasteiger partial charge < -0.3 is 45.6 Å². The zero-order valence-electron chi connectivity index (χ0n) is 9.57. The van der Waals surface area contributed by atoms with Crippen LogP contribution in [0.5, 0.6) is 0 Å². The summed E-state index contributed by atoms with van der Waals surface area (Å²) < 4.78 is 4.49. The Morgan fingerprint density at radius 1 is 1.21 bits per heavy atom. The second-order valence-electron chi connectivity index (χ2n) is 4.25. The van der Waals surface area contributed by atoms with Gasteiger partial charge in [-0.2, -0.15) is 0 Å². The zero-order valence-corrected chi connectivity index (χ0v) is 9.57. The lowest BCUT2D eigenvalue weighted by Gasteiger charge is -2.45. The van der Waals surface area contributed by atoms with E-state index in [4.69, 9.17) is 10.2 Å². The predicted molar refractivity (Wildman–Crippen MR) is 54.6 cm³/mol. The van der Waals surface area contributed by atoms with Crippen LogP contribution in [0.25, 0.3) is 0 Å². The minimum atomic E-state index is -3.26. The summed E-state index contributed by atoms with van der Waals surface area (Å²) in [6, 6.07) is 0. The minimum absolute atomic E-state index is 0.933. The Hall–Kier alpha value is -0.850. The van der Waals surface area contributed by atoms with Crippen LogP contribution in [0.15, 0.2) is 0 Å². The number of hydrogen-bond donors (Lipinski definition) is 8. The van der Waals surface area contributed by atoms with Gasteiger partial charge in [0.2, 0.25) is 0 Å². The van der Waals surface area contributed by atoms with Crippen LogP contribution >= 0.6 is 0 Å². The predicted octanol–water partition coefficient (Wildman–Crippen LogP) is -5.04. The van der Waals surface area contributed by atoms with Crippen molar-refractivity contribution in [2.75, 3.05) is 6.61 Å². The summed E-state index contributed by atoms with van der Waals surface area (Å²) in [5.41, 5.74) is 0. The van der Waals surface area contributed by atoms with Crippen LogP contribution in [0.4, 0.5) is 0 Å². The molecule has 1 rings (SSSR count). The third-order valence-electron chi connectivity index (χ3n) is 2.95. The molecule has 112 valence electrons. The summed E-state index contributed by atoms with van der Waals surface area (Å²) in [7, 11) is 0. The molecule has 8 N–H and O–H groups in total. The zero-order chi connectivity index (χ0) is 15.0. The highest BCUT2D eigenvalue weighted by Crippen LogP contribution is 2.30. The first-order valence-electron chi connectivity index (χ1n) is 5.31. The summed E-state index contributed by atoms with van der Waals surface area (Å²) in [4.78, 5) is 10.8. The molecule has 1 aliphatic rings. The lowest BCUT2D eigenvalue weighted by Crippen LogP contribution is -2.70. The fourth-order valence-corrected chi connectivity index (χ4v) is 1.74. The number of rotatable bonds is 4. The van der Waals surface area contributed by atoms with Crippen molar-refractivity contribution in [2.45, 2.75) is 42.4 Å². The Morgan fingerprint density at radius 2 is 1.74 bits per heavy atom. The van der Waals surface area contributed by atoms with E-state index in [0.717, 1.165) is 0 Å². The van der Waals surface area contributed by atoms with Gasteiger partial charge in [-0.1, -0.05) is 0 Å². The quantitative estimate of drug-likeness (QED) is 0.248. The van der Waals surface area contributed by atoms with Crippen LogP contribution in [-0.2, 0) is 9.53 Å². The van der Waals surface area contributed by atoms with Crippen molar-refractivity contribution in [2.24, 2.45) is 0 Å². The maximum atomic E-state index is 10.8. The van der Waals surface area contributed by atoms with Gasteiger partial charge in [0.25, 0.3) is 5.79 Å². The Bertz CT molecular complexity index is 331. The van der Waals surface area contributed by atoms with Crippen molar-refractivity contribution in [3.63, 3.8) is 0 Å². The number of carboxylic acids is 1. The molecule has 7 atom stereocenters. The third-order valence-corrected chi connectivity index (χ3v) is 2.95. The van der Waals surface area contributed by atoms with Crippen molar-refractivity contribution in [3.05, 3.63) is 0 Å². The van der Waals surface area contributed by atoms with Crippen LogP contribution in [-0.4, -0.2) is 95.8 Å². The average Bonchev–Trinajstić information content (AvgIpc) is 2.38. The summed E-state index contributed by atoms with van der Waals surface area (Å²) in [5.74, 6) is -5.32. The molecular weight excluding hydrogens is 268 g/mol. The molecule has 0 radical (unpaired) electrons. The van der Waals surface area contributed by atoms with Gasteiger partial charge in [-0.15, -0.1) is 0 Å². The number of aliphatic hydroxyl groups excluding tert-OH is 6. The first-order chi connectivity index (χ1) is 8.66. The topological polar surface area (TPSA) is 188 Å². The Morgan fingerprint density at radius 3 is 2.16 bits per heavy atom. The molecule has 19 heavy (non-hydrogen) atoms. The molecule has 10 nitrogen and oxygen atoms in total. The lowest BCUT2D eigenvalue weighted by molar-refractivity contribution is -0.349. The second-order valence-corrected chi connectivity index (χ2v) is 4.25. The molecule has 10 heteroatoms. The van der Waals surface area contributed by atoms with Crippen molar-refractivity contribution < 1.29 is 50.4 Å². The minimum Gasteiger partial charge on any atom is -0.477 e. The maximum absolute atomic E-state index is 10.8. The molecule has 1 heterocycles. The standard InChI is InChI=1S/C9H16O10/c10-1-2(11)3(12)6-4(13)5(14)7(15)9(18,19-6)8(16)17/h2-7,10-15,18H,1H2,(H,16,17). The van der Waals surface area contributed by atoms with Crippen molar-refractivity contribution in [1.29, 1.82) is 0 Å². The van der Waals surface area contributed by atoms with Gasteiger partial charge in [-0.3, -0.25) is 0 Å². The van der Waals surface area contributed by atoms with Gasteiger partial charge in [0.1, 0.15) is 36.6 Å². The normalized spacial score (nSPS) is 42.7. The number of hydrogen-bond acceptors (Lipinski definition) is 9. The number of carbonyl (C=O) groups is 1. The fraction of sp³-hybridized carbons (Fsp3) is 0.889. The van der Waals surface area contributed by atoms with E-state index in [1.807, 2.05) is 0 Å². The highest BCUT2D eigenvalue weighted by Gasteiger charge is 2.59. The van der Waals surface area contributed by atoms with Gasteiger partial charge in [0.05, 0.1) is 6.61 Å². The molecular formula is C9H16O10. The lowest BCUT2D eigenvalue weighted by atomic mass is 9.89. The summed E-state index contributed by atoms with van der Waals surface area (Å²) in [6.07, 6.45) is -12.2. The Labute approximate surface area is 106 Å². The van der Waals surface area contributed by atoms with E-state index in [2.05, 4.69) is 4.74 Å². The monoisotopic (exact) mass is 284 g/mol. The van der Waals surface area contributed by atoms with Crippen molar-refractivity contribution in [1.82, 2.24) is 0 Å². The van der Waals surface area contributed by atoms with E-state index in [9.17, 15) is 35.4 Å². The van der Waals surface area contributed by atoms with Crippen LogP contribution in [0.1, 0.15) is 0 Å². The second kappa shape index (κ2) is 5.64. The molecule has 0 aromatic rings. The SMILES string of the molecule is O=C(O)C1(O)OC(C(O)C(O)CO)C(O)C(O)C1O. The average molecular weight is 284 g/mol. The molecule has 0 aliphatic carbocycles. The third kappa shape index (κ3) is 2.70. The Balaban J connectivity index is 3.04. The smallest absolute Gasteiger partial charge is 0.367 e. The molecule has 0 saturated carbocycles. The largest absolute Gasteiger partial charge is 0.477 e. The summed E-state index contributed by atoms with van der Waals surface area (Å²) in [5, 5.41) is 74.1. The molecule has 0 aromatic carbocycles. The van der Waals surface area contributed by atoms with Crippen LogP contribution in [0, 0.1) is 0 Å².